The first-order valence-electron chi connectivity index (χ1n) is 4.59. The van der Waals surface area contributed by atoms with Gasteiger partial charge in [-0.15, -0.1) is 0 Å². The van der Waals surface area contributed by atoms with E-state index in [1.54, 1.807) is 7.11 Å². The Morgan fingerprint density at radius 2 is 2.45 bits per heavy atom. The van der Waals surface area contributed by atoms with Gasteiger partial charge in [-0.25, -0.2) is 0 Å². The average Bonchev–Trinajstić information content (AvgIpc) is 2.52. The predicted octanol–water partition coefficient (Wildman–Crippen LogP) is 1.55. The molecule has 0 aliphatic carbocycles. The lowest BCUT2D eigenvalue weighted by Crippen LogP contribution is -2.22. The number of hydrogen-bond donors (Lipinski definition) is 1. The molecule has 1 saturated heterocycles. The molecular formula is C9H19NO. The fraction of sp³-hybridized carbons (Fsp3) is 1.00. The molecule has 1 N–H and O–H groups in total. The Balaban J connectivity index is 2.01. The molecular weight excluding hydrogens is 138 g/mol. The number of hydrogen-bond acceptors (Lipinski definition) is 2. The van der Waals surface area contributed by atoms with Crippen LogP contribution in [0.25, 0.3) is 0 Å². The van der Waals surface area contributed by atoms with E-state index in [2.05, 4.69) is 12.2 Å². The van der Waals surface area contributed by atoms with Crippen LogP contribution in [0.15, 0.2) is 0 Å². The first kappa shape index (κ1) is 9.01. The van der Waals surface area contributed by atoms with Gasteiger partial charge in [0.1, 0.15) is 0 Å². The molecule has 1 rings (SSSR count). The van der Waals surface area contributed by atoms with Gasteiger partial charge < -0.3 is 10.1 Å². The summed E-state index contributed by atoms with van der Waals surface area (Å²) < 4.78 is 5.18. The molecule has 2 unspecified atom stereocenters. The molecule has 1 fully saturated rings. The minimum Gasteiger partial charge on any atom is -0.382 e. The summed E-state index contributed by atoms with van der Waals surface area (Å²) >= 11 is 0. The van der Waals surface area contributed by atoms with Crippen molar-refractivity contribution in [3.63, 3.8) is 0 Å². The van der Waals surface area contributed by atoms with Crippen LogP contribution in [0.2, 0.25) is 0 Å². The average molecular weight is 157 g/mol. The van der Waals surface area contributed by atoms with Crippen molar-refractivity contribution < 1.29 is 4.74 Å². The highest BCUT2D eigenvalue weighted by Crippen LogP contribution is 2.12. The Kier molecular flexibility index (Phi) is 3.87. The minimum atomic E-state index is 0.428. The van der Waals surface area contributed by atoms with E-state index >= 15 is 0 Å². The third-order valence-corrected chi connectivity index (χ3v) is 2.49. The van der Waals surface area contributed by atoms with Crippen molar-refractivity contribution in [2.75, 3.05) is 13.7 Å². The third kappa shape index (κ3) is 3.21. The summed E-state index contributed by atoms with van der Waals surface area (Å²) in [6.07, 6.45) is 5.60. The van der Waals surface area contributed by atoms with E-state index in [1.165, 1.54) is 32.2 Å². The van der Waals surface area contributed by atoms with Gasteiger partial charge in [-0.2, -0.15) is 0 Å². The highest BCUT2D eigenvalue weighted by molar-refractivity contribution is 4.74. The lowest BCUT2D eigenvalue weighted by atomic mass is 10.1. The van der Waals surface area contributed by atoms with Gasteiger partial charge in [0, 0.05) is 13.2 Å². The van der Waals surface area contributed by atoms with Gasteiger partial charge in [-0.05, 0) is 39.2 Å². The van der Waals surface area contributed by atoms with Crippen LogP contribution >= 0.6 is 0 Å². The smallest absolute Gasteiger partial charge is 0.0543 e. The Hall–Kier alpha value is -0.0800. The van der Waals surface area contributed by atoms with Crippen molar-refractivity contribution in [3.05, 3.63) is 0 Å². The molecule has 0 bridgehead atoms. The lowest BCUT2D eigenvalue weighted by Gasteiger charge is -2.13. The molecule has 2 heteroatoms. The Bertz CT molecular complexity index is 99.7. The Morgan fingerprint density at radius 3 is 3.00 bits per heavy atom. The maximum atomic E-state index is 5.18. The van der Waals surface area contributed by atoms with Crippen LogP contribution in [0.3, 0.4) is 0 Å². The van der Waals surface area contributed by atoms with Crippen LogP contribution in [0.5, 0.6) is 0 Å². The first-order valence-corrected chi connectivity index (χ1v) is 4.59. The van der Waals surface area contributed by atoms with Gasteiger partial charge in [0.25, 0.3) is 0 Å². The standard InChI is InChI=1S/C9H19NO/c1-8(11-2)5-6-9-4-3-7-10-9/h8-10H,3-7H2,1-2H3. The molecule has 0 radical (unpaired) electrons. The van der Waals surface area contributed by atoms with Crippen molar-refractivity contribution in [2.45, 2.75) is 44.8 Å². The van der Waals surface area contributed by atoms with Crippen LogP contribution in [0, 0.1) is 0 Å². The maximum absolute atomic E-state index is 5.18. The Labute approximate surface area is 69.3 Å². The largest absolute Gasteiger partial charge is 0.382 e. The molecule has 0 spiro atoms. The molecule has 1 aliphatic rings. The summed E-state index contributed by atoms with van der Waals surface area (Å²) in [5.74, 6) is 0. The molecule has 0 aromatic carbocycles. The second-order valence-electron chi connectivity index (χ2n) is 3.42. The van der Waals surface area contributed by atoms with Crippen LogP contribution in [-0.2, 0) is 4.74 Å². The zero-order valence-electron chi connectivity index (χ0n) is 7.60. The van der Waals surface area contributed by atoms with E-state index in [-0.39, 0.29) is 0 Å². The number of ether oxygens (including phenoxy) is 1. The van der Waals surface area contributed by atoms with Gasteiger partial charge in [-0.3, -0.25) is 0 Å². The summed E-state index contributed by atoms with van der Waals surface area (Å²) in [7, 11) is 1.78. The van der Waals surface area contributed by atoms with Crippen molar-refractivity contribution in [3.8, 4) is 0 Å². The Morgan fingerprint density at radius 1 is 1.64 bits per heavy atom. The summed E-state index contributed by atoms with van der Waals surface area (Å²) in [6.45, 7) is 3.35. The van der Waals surface area contributed by atoms with Gasteiger partial charge in [0.2, 0.25) is 0 Å². The van der Waals surface area contributed by atoms with E-state index in [1.807, 2.05) is 0 Å². The summed E-state index contributed by atoms with van der Waals surface area (Å²) in [6, 6.07) is 0.771. The second kappa shape index (κ2) is 4.73. The number of methoxy groups -OCH3 is 1. The van der Waals surface area contributed by atoms with Crippen molar-refractivity contribution in [1.82, 2.24) is 5.32 Å². The summed E-state index contributed by atoms with van der Waals surface area (Å²) in [5.41, 5.74) is 0. The van der Waals surface area contributed by atoms with Gasteiger partial charge in [0.15, 0.2) is 0 Å². The zero-order valence-corrected chi connectivity index (χ0v) is 7.60. The molecule has 11 heavy (non-hydrogen) atoms. The van der Waals surface area contributed by atoms with E-state index in [4.69, 9.17) is 4.74 Å². The van der Waals surface area contributed by atoms with Crippen LogP contribution in [0.1, 0.15) is 32.6 Å². The van der Waals surface area contributed by atoms with Gasteiger partial charge in [0.05, 0.1) is 6.10 Å². The second-order valence-corrected chi connectivity index (χ2v) is 3.42. The van der Waals surface area contributed by atoms with Crippen molar-refractivity contribution in [1.29, 1.82) is 0 Å². The fourth-order valence-electron chi connectivity index (χ4n) is 1.56. The highest BCUT2D eigenvalue weighted by Gasteiger charge is 2.14. The summed E-state index contributed by atoms with van der Waals surface area (Å²) in [4.78, 5) is 0. The van der Waals surface area contributed by atoms with E-state index in [9.17, 15) is 0 Å². The predicted molar refractivity (Wildman–Crippen MR) is 46.7 cm³/mol. The number of nitrogens with one attached hydrogen (secondary N) is 1. The monoisotopic (exact) mass is 157 g/mol. The van der Waals surface area contributed by atoms with E-state index in [0.717, 1.165) is 6.04 Å². The summed E-state index contributed by atoms with van der Waals surface area (Å²) in [5, 5.41) is 3.48. The van der Waals surface area contributed by atoms with Crippen LogP contribution in [0.4, 0.5) is 0 Å². The van der Waals surface area contributed by atoms with Crippen LogP contribution < -0.4 is 5.32 Å². The molecule has 0 aromatic rings. The minimum absolute atomic E-state index is 0.428. The zero-order chi connectivity index (χ0) is 8.10. The van der Waals surface area contributed by atoms with Gasteiger partial charge in [-0.1, -0.05) is 0 Å². The quantitative estimate of drug-likeness (QED) is 0.668. The van der Waals surface area contributed by atoms with Crippen LogP contribution in [-0.4, -0.2) is 25.8 Å². The fourth-order valence-corrected chi connectivity index (χ4v) is 1.56. The van der Waals surface area contributed by atoms with Gasteiger partial charge >= 0.3 is 0 Å². The molecule has 66 valence electrons. The maximum Gasteiger partial charge on any atom is 0.0543 e. The highest BCUT2D eigenvalue weighted by atomic mass is 16.5. The first-order chi connectivity index (χ1) is 5.33. The van der Waals surface area contributed by atoms with E-state index in [0.29, 0.717) is 6.10 Å². The third-order valence-electron chi connectivity index (χ3n) is 2.49. The van der Waals surface area contributed by atoms with E-state index < -0.39 is 0 Å². The molecule has 1 heterocycles. The number of rotatable bonds is 4. The van der Waals surface area contributed by atoms with Crippen molar-refractivity contribution in [2.24, 2.45) is 0 Å². The molecule has 2 atom stereocenters. The molecule has 0 aromatic heterocycles. The van der Waals surface area contributed by atoms with Crippen molar-refractivity contribution >= 4 is 0 Å². The normalized spacial score (nSPS) is 27.3. The topological polar surface area (TPSA) is 21.3 Å². The lowest BCUT2D eigenvalue weighted by molar-refractivity contribution is 0.106. The molecule has 0 saturated carbocycles. The molecule has 1 aliphatic heterocycles. The molecule has 0 amide bonds. The SMILES string of the molecule is COC(C)CCC1CCCN1. The molecule has 2 nitrogen and oxygen atoms in total.